The van der Waals surface area contributed by atoms with Gasteiger partial charge in [0.15, 0.2) is 0 Å². The molecular formula is C15H18BrNO4. The van der Waals surface area contributed by atoms with Gasteiger partial charge < -0.3 is 14.4 Å². The molecule has 0 aromatic heterocycles. The first kappa shape index (κ1) is 15.8. The Morgan fingerprint density at radius 2 is 2.00 bits per heavy atom. The maximum atomic E-state index is 12.5. The maximum Gasteiger partial charge on any atom is 0.310 e. The van der Waals surface area contributed by atoms with Crippen LogP contribution >= 0.6 is 15.9 Å². The highest BCUT2D eigenvalue weighted by atomic mass is 79.9. The minimum Gasteiger partial charge on any atom is -0.496 e. The lowest BCUT2D eigenvalue weighted by Gasteiger charge is -2.16. The molecule has 1 aromatic carbocycles. The molecule has 0 N–H and O–H groups in total. The first-order valence-electron chi connectivity index (χ1n) is 6.68. The van der Waals surface area contributed by atoms with Gasteiger partial charge in [-0.05, 0) is 40.0 Å². The molecule has 2 rings (SSSR count). The Balaban J connectivity index is 2.14. The summed E-state index contributed by atoms with van der Waals surface area (Å²) in [7, 11) is 2.95. The van der Waals surface area contributed by atoms with Crippen LogP contribution in [0.15, 0.2) is 22.7 Å². The van der Waals surface area contributed by atoms with E-state index in [0.29, 0.717) is 24.4 Å². The molecule has 114 valence electrons. The fourth-order valence-electron chi connectivity index (χ4n) is 2.57. The van der Waals surface area contributed by atoms with Gasteiger partial charge in [-0.25, -0.2) is 0 Å². The Kier molecular flexibility index (Phi) is 4.88. The highest BCUT2D eigenvalue weighted by Crippen LogP contribution is 2.29. The lowest BCUT2D eigenvalue weighted by atomic mass is 9.99. The summed E-state index contributed by atoms with van der Waals surface area (Å²) in [5.74, 6) is 0.183. The molecule has 1 aliphatic rings. The van der Waals surface area contributed by atoms with Crippen molar-refractivity contribution in [3.05, 3.63) is 28.2 Å². The second kappa shape index (κ2) is 6.47. The monoisotopic (exact) mass is 355 g/mol. The van der Waals surface area contributed by atoms with E-state index >= 15 is 0 Å². The SMILES string of the molecule is COC(=O)C1CN(C(=O)c2ccc(OC)c(Br)c2)CC1C. The molecule has 0 saturated carbocycles. The predicted molar refractivity (Wildman–Crippen MR) is 81.3 cm³/mol. The number of amides is 1. The van der Waals surface area contributed by atoms with Crippen LogP contribution in [0.25, 0.3) is 0 Å². The average molecular weight is 356 g/mol. The quantitative estimate of drug-likeness (QED) is 0.781. The number of benzene rings is 1. The minimum atomic E-state index is -0.256. The van der Waals surface area contributed by atoms with Crippen molar-refractivity contribution < 1.29 is 19.1 Å². The van der Waals surface area contributed by atoms with Crippen LogP contribution in [-0.4, -0.2) is 44.1 Å². The van der Waals surface area contributed by atoms with E-state index in [2.05, 4.69) is 15.9 Å². The highest BCUT2D eigenvalue weighted by Gasteiger charge is 2.37. The number of halogens is 1. The Morgan fingerprint density at radius 3 is 2.57 bits per heavy atom. The fourth-order valence-corrected chi connectivity index (χ4v) is 3.11. The van der Waals surface area contributed by atoms with Gasteiger partial charge in [-0.3, -0.25) is 9.59 Å². The number of carbonyl (C=O) groups is 2. The number of methoxy groups -OCH3 is 2. The van der Waals surface area contributed by atoms with E-state index in [1.807, 2.05) is 6.92 Å². The summed E-state index contributed by atoms with van der Waals surface area (Å²) >= 11 is 3.37. The molecule has 2 unspecified atom stereocenters. The van der Waals surface area contributed by atoms with Crippen molar-refractivity contribution in [2.45, 2.75) is 6.92 Å². The number of carbonyl (C=O) groups excluding carboxylic acids is 2. The third kappa shape index (κ3) is 3.20. The van der Waals surface area contributed by atoms with E-state index in [4.69, 9.17) is 9.47 Å². The number of nitrogens with zero attached hydrogens (tertiary/aromatic N) is 1. The predicted octanol–water partition coefficient (Wildman–Crippen LogP) is 2.34. The number of hydrogen-bond acceptors (Lipinski definition) is 4. The van der Waals surface area contributed by atoms with Crippen molar-refractivity contribution in [2.75, 3.05) is 27.3 Å². The number of ether oxygens (including phenoxy) is 2. The summed E-state index contributed by atoms with van der Waals surface area (Å²) < 4.78 is 10.7. The van der Waals surface area contributed by atoms with Gasteiger partial charge in [0.05, 0.1) is 24.6 Å². The van der Waals surface area contributed by atoms with E-state index in [1.165, 1.54) is 7.11 Å². The van der Waals surface area contributed by atoms with Gasteiger partial charge in [-0.2, -0.15) is 0 Å². The fraction of sp³-hybridized carbons (Fsp3) is 0.467. The van der Waals surface area contributed by atoms with Crippen molar-refractivity contribution in [1.82, 2.24) is 4.90 Å². The third-order valence-corrected chi connectivity index (χ3v) is 4.42. The summed E-state index contributed by atoms with van der Waals surface area (Å²) in [6.45, 7) is 2.91. The van der Waals surface area contributed by atoms with Crippen LogP contribution in [0.3, 0.4) is 0 Å². The molecule has 5 nitrogen and oxygen atoms in total. The molecule has 1 aromatic rings. The van der Waals surface area contributed by atoms with E-state index in [1.54, 1.807) is 30.2 Å². The molecule has 0 radical (unpaired) electrons. The first-order valence-corrected chi connectivity index (χ1v) is 7.47. The first-order chi connectivity index (χ1) is 9.97. The van der Waals surface area contributed by atoms with E-state index in [9.17, 15) is 9.59 Å². The summed E-state index contributed by atoms with van der Waals surface area (Å²) in [6, 6.07) is 5.20. The van der Waals surface area contributed by atoms with E-state index in [0.717, 1.165) is 4.47 Å². The summed E-state index contributed by atoms with van der Waals surface area (Å²) in [5.41, 5.74) is 0.570. The van der Waals surface area contributed by atoms with Crippen LogP contribution < -0.4 is 4.74 Å². The average Bonchev–Trinajstić information content (AvgIpc) is 2.87. The van der Waals surface area contributed by atoms with Crippen LogP contribution in [0.4, 0.5) is 0 Å². The molecule has 1 fully saturated rings. The normalized spacial score (nSPS) is 21.2. The number of esters is 1. The number of rotatable bonds is 3. The molecule has 1 aliphatic heterocycles. The van der Waals surface area contributed by atoms with Crippen LogP contribution in [0.1, 0.15) is 17.3 Å². The van der Waals surface area contributed by atoms with Gasteiger partial charge in [-0.1, -0.05) is 6.92 Å². The van der Waals surface area contributed by atoms with Gasteiger partial charge >= 0.3 is 5.97 Å². The summed E-state index contributed by atoms with van der Waals surface area (Å²) in [6.07, 6.45) is 0. The second-order valence-corrected chi connectivity index (χ2v) is 6.02. The van der Waals surface area contributed by atoms with Crippen molar-refractivity contribution in [1.29, 1.82) is 0 Å². The Bertz CT molecular complexity index is 561. The molecule has 1 heterocycles. The summed E-state index contributed by atoms with van der Waals surface area (Å²) in [5, 5.41) is 0. The van der Waals surface area contributed by atoms with Crippen molar-refractivity contribution >= 4 is 27.8 Å². The molecule has 1 saturated heterocycles. The smallest absolute Gasteiger partial charge is 0.310 e. The van der Waals surface area contributed by atoms with Crippen LogP contribution in [-0.2, 0) is 9.53 Å². The molecule has 0 spiro atoms. The van der Waals surface area contributed by atoms with Crippen molar-refractivity contribution in [2.24, 2.45) is 11.8 Å². The van der Waals surface area contributed by atoms with Gasteiger partial charge in [0.1, 0.15) is 5.75 Å². The molecule has 21 heavy (non-hydrogen) atoms. The lowest BCUT2D eigenvalue weighted by Crippen LogP contribution is -2.30. The maximum absolute atomic E-state index is 12.5. The zero-order valence-corrected chi connectivity index (χ0v) is 13.8. The standard InChI is InChI=1S/C15H18BrNO4/c1-9-7-17(8-11(9)15(19)21-3)14(18)10-4-5-13(20-2)12(16)6-10/h4-6,9,11H,7-8H2,1-3H3. The Morgan fingerprint density at radius 1 is 1.29 bits per heavy atom. The minimum absolute atomic E-state index is 0.0865. The van der Waals surface area contributed by atoms with E-state index in [-0.39, 0.29) is 23.7 Å². The molecule has 1 amide bonds. The van der Waals surface area contributed by atoms with Crippen LogP contribution in [0, 0.1) is 11.8 Å². The van der Waals surface area contributed by atoms with Crippen molar-refractivity contribution in [3.8, 4) is 5.75 Å². The summed E-state index contributed by atoms with van der Waals surface area (Å²) in [4.78, 5) is 25.9. The Labute approximate surface area is 132 Å². The van der Waals surface area contributed by atoms with Crippen molar-refractivity contribution in [3.63, 3.8) is 0 Å². The topological polar surface area (TPSA) is 55.8 Å². The number of hydrogen-bond donors (Lipinski definition) is 0. The van der Waals surface area contributed by atoms with Gasteiger partial charge in [0, 0.05) is 18.7 Å². The highest BCUT2D eigenvalue weighted by molar-refractivity contribution is 9.10. The molecule has 0 bridgehead atoms. The van der Waals surface area contributed by atoms with Gasteiger partial charge in [0.25, 0.3) is 5.91 Å². The molecule has 2 atom stereocenters. The molecule has 6 heteroatoms. The second-order valence-electron chi connectivity index (χ2n) is 5.17. The third-order valence-electron chi connectivity index (χ3n) is 3.80. The van der Waals surface area contributed by atoms with Gasteiger partial charge in [-0.15, -0.1) is 0 Å². The van der Waals surface area contributed by atoms with E-state index < -0.39 is 0 Å². The largest absolute Gasteiger partial charge is 0.496 e. The number of likely N-dealkylation sites (tertiary alicyclic amines) is 1. The lowest BCUT2D eigenvalue weighted by molar-refractivity contribution is -0.146. The zero-order valence-electron chi connectivity index (χ0n) is 12.3. The Hall–Kier alpha value is -1.56. The van der Waals surface area contributed by atoms with Crippen LogP contribution in [0.5, 0.6) is 5.75 Å². The molecule has 0 aliphatic carbocycles. The van der Waals surface area contributed by atoms with Gasteiger partial charge in [0.2, 0.25) is 0 Å². The van der Waals surface area contributed by atoms with Crippen LogP contribution in [0.2, 0.25) is 0 Å². The zero-order chi connectivity index (χ0) is 15.6. The molecular weight excluding hydrogens is 338 g/mol.